The molecule has 0 fully saturated rings. The number of ether oxygens (including phenoxy) is 1. The summed E-state index contributed by atoms with van der Waals surface area (Å²) in [6.45, 7) is 1.47. The number of halogens is 2. The summed E-state index contributed by atoms with van der Waals surface area (Å²) in [5, 5.41) is 2.06. The Kier molecular flexibility index (Phi) is 8.05. The second kappa shape index (κ2) is 11.5. The number of sulfonamides is 1. The Labute approximate surface area is 249 Å². The number of benzene rings is 3. The Bertz CT molecular complexity index is 1920. The fourth-order valence-electron chi connectivity index (χ4n) is 4.06. The van der Waals surface area contributed by atoms with Crippen LogP contribution in [0.1, 0.15) is 21.7 Å². The fourth-order valence-corrected chi connectivity index (χ4v) is 6.80. The first-order valence-electron chi connectivity index (χ1n) is 12.1. The molecule has 2 heterocycles. The van der Waals surface area contributed by atoms with Crippen LogP contribution < -0.4 is 10.3 Å². The number of para-hydroxylation sites is 1. The van der Waals surface area contributed by atoms with Crippen LogP contribution in [0.5, 0.6) is 0 Å². The number of aromatic nitrogens is 3. The topological polar surface area (TPSA) is 112 Å². The zero-order valence-corrected chi connectivity index (χ0v) is 24.8. The molecule has 0 aliphatic heterocycles. The molecule has 0 amide bonds. The van der Waals surface area contributed by atoms with Crippen molar-refractivity contribution in [2.24, 2.45) is 7.05 Å². The number of nitrogens with zero attached hydrogens (tertiary/aromatic N) is 3. The second-order valence-electron chi connectivity index (χ2n) is 8.90. The summed E-state index contributed by atoms with van der Waals surface area (Å²) in [6.07, 6.45) is 0. The van der Waals surface area contributed by atoms with Crippen molar-refractivity contribution in [1.29, 1.82) is 0 Å². The number of thiazole rings is 1. The molecule has 41 heavy (non-hydrogen) atoms. The van der Waals surface area contributed by atoms with Crippen LogP contribution >= 0.6 is 34.5 Å². The van der Waals surface area contributed by atoms with Gasteiger partial charge in [-0.05, 0) is 31.2 Å². The van der Waals surface area contributed by atoms with Crippen LogP contribution in [0, 0.1) is 6.92 Å². The van der Waals surface area contributed by atoms with Crippen LogP contribution in [0.2, 0.25) is 10.0 Å². The SMILES string of the molecule is Cc1c(NS(=O)(=O)c2cc(C(=O)OCc3csc(-c4ccccc4)n3)cc(Cl)c2Cl)c(=O)n(-c2ccccc2)n1C. The van der Waals surface area contributed by atoms with Gasteiger partial charge in [0.15, 0.2) is 0 Å². The van der Waals surface area contributed by atoms with Crippen molar-refractivity contribution in [3.05, 3.63) is 116 Å². The van der Waals surface area contributed by atoms with Crippen LogP contribution in [0.3, 0.4) is 0 Å². The fraction of sp³-hybridized carbons (Fsp3) is 0.107. The predicted molar refractivity (Wildman–Crippen MR) is 160 cm³/mol. The van der Waals surface area contributed by atoms with Crippen molar-refractivity contribution in [1.82, 2.24) is 14.3 Å². The largest absolute Gasteiger partial charge is 0.456 e. The van der Waals surface area contributed by atoms with E-state index in [0.29, 0.717) is 17.1 Å². The van der Waals surface area contributed by atoms with Crippen LogP contribution in [-0.2, 0) is 28.4 Å². The Hall–Kier alpha value is -3.90. The van der Waals surface area contributed by atoms with Crippen molar-refractivity contribution in [3.8, 4) is 16.3 Å². The first-order valence-corrected chi connectivity index (χ1v) is 15.2. The summed E-state index contributed by atoms with van der Waals surface area (Å²) in [5.41, 5.74) is 1.49. The molecule has 13 heteroatoms. The molecule has 3 aromatic carbocycles. The lowest BCUT2D eigenvalue weighted by Gasteiger charge is -2.12. The van der Waals surface area contributed by atoms with Gasteiger partial charge >= 0.3 is 5.97 Å². The van der Waals surface area contributed by atoms with Crippen molar-refractivity contribution >= 4 is 56.2 Å². The molecule has 0 saturated heterocycles. The Morgan fingerprint density at radius 3 is 2.39 bits per heavy atom. The molecule has 0 aliphatic rings. The lowest BCUT2D eigenvalue weighted by Crippen LogP contribution is -2.23. The van der Waals surface area contributed by atoms with E-state index in [1.807, 2.05) is 30.3 Å². The Balaban J connectivity index is 1.39. The quantitative estimate of drug-likeness (QED) is 0.209. The van der Waals surface area contributed by atoms with Crippen LogP contribution in [0.15, 0.2) is 87.9 Å². The van der Waals surface area contributed by atoms with E-state index < -0.39 is 26.4 Å². The van der Waals surface area contributed by atoms with E-state index in [-0.39, 0.29) is 27.9 Å². The molecule has 0 bridgehead atoms. The van der Waals surface area contributed by atoms with Crippen LogP contribution in [0.25, 0.3) is 16.3 Å². The number of rotatable bonds is 8. The van der Waals surface area contributed by atoms with E-state index in [1.165, 1.54) is 26.8 Å². The number of nitrogens with one attached hydrogen (secondary N) is 1. The van der Waals surface area contributed by atoms with Gasteiger partial charge < -0.3 is 4.74 Å². The zero-order chi connectivity index (χ0) is 29.3. The highest BCUT2D eigenvalue weighted by Gasteiger charge is 2.27. The van der Waals surface area contributed by atoms with E-state index in [9.17, 15) is 18.0 Å². The van der Waals surface area contributed by atoms with Crippen molar-refractivity contribution in [2.45, 2.75) is 18.4 Å². The molecule has 0 aliphatic carbocycles. The summed E-state index contributed by atoms with van der Waals surface area (Å²) in [6, 6.07) is 20.6. The monoisotopic (exact) mass is 628 g/mol. The molecule has 9 nitrogen and oxygen atoms in total. The molecule has 1 N–H and O–H groups in total. The van der Waals surface area contributed by atoms with E-state index in [1.54, 1.807) is 49.7 Å². The van der Waals surface area contributed by atoms with Gasteiger partial charge in [0.25, 0.3) is 15.6 Å². The van der Waals surface area contributed by atoms with Crippen LogP contribution in [-0.4, -0.2) is 28.7 Å². The van der Waals surface area contributed by atoms with Crippen LogP contribution in [0.4, 0.5) is 5.69 Å². The van der Waals surface area contributed by atoms with Gasteiger partial charge in [0.05, 0.1) is 32.7 Å². The van der Waals surface area contributed by atoms with E-state index >= 15 is 0 Å². The standard InChI is InChI=1S/C28H22Cl2N4O5S2/c1-17-25(27(35)34(33(17)2)21-11-7-4-8-12-21)32-41(37,38)23-14-19(13-22(29)24(23)30)28(36)39-15-20-16-40-26(31-20)18-9-5-3-6-10-18/h3-14,16,32H,15H2,1-2H3. The number of carbonyl (C=O) groups excluding carboxylic acids is 1. The highest BCUT2D eigenvalue weighted by atomic mass is 35.5. The first kappa shape index (κ1) is 28.6. The third-order valence-corrected chi connectivity index (χ3v) is 9.46. The summed E-state index contributed by atoms with van der Waals surface area (Å²) >= 11 is 13.9. The summed E-state index contributed by atoms with van der Waals surface area (Å²) in [7, 11) is -2.83. The minimum absolute atomic E-state index is 0.134. The van der Waals surface area contributed by atoms with Gasteiger partial charge in [-0.3, -0.25) is 14.2 Å². The molecular formula is C28H22Cl2N4O5S2. The average Bonchev–Trinajstić information content (AvgIpc) is 3.52. The molecule has 5 rings (SSSR count). The van der Waals surface area contributed by atoms with Crippen molar-refractivity contribution in [3.63, 3.8) is 0 Å². The van der Waals surface area contributed by atoms with E-state index in [2.05, 4.69) is 9.71 Å². The number of anilines is 1. The maximum atomic E-state index is 13.5. The summed E-state index contributed by atoms with van der Waals surface area (Å²) in [5.74, 6) is -0.823. The third kappa shape index (κ3) is 5.80. The van der Waals surface area contributed by atoms with Gasteiger partial charge in [-0.25, -0.2) is 22.9 Å². The molecule has 2 aromatic heterocycles. The lowest BCUT2D eigenvalue weighted by molar-refractivity contribution is 0.0468. The number of hydrogen-bond acceptors (Lipinski definition) is 7. The minimum atomic E-state index is -4.46. The molecule has 0 spiro atoms. The van der Waals surface area contributed by atoms with Gasteiger partial charge in [0.2, 0.25) is 0 Å². The molecule has 0 atom stereocenters. The zero-order valence-electron chi connectivity index (χ0n) is 21.7. The first-order chi connectivity index (χ1) is 19.6. The molecule has 0 unspecified atom stereocenters. The molecule has 0 saturated carbocycles. The minimum Gasteiger partial charge on any atom is -0.456 e. The van der Waals surface area contributed by atoms with E-state index in [0.717, 1.165) is 16.6 Å². The molecular weight excluding hydrogens is 607 g/mol. The Morgan fingerprint density at radius 2 is 1.71 bits per heavy atom. The van der Waals surface area contributed by atoms with Gasteiger partial charge in [-0.1, -0.05) is 71.7 Å². The molecule has 0 radical (unpaired) electrons. The number of esters is 1. The van der Waals surface area contributed by atoms with Crippen molar-refractivity contribution in [2.75, 3.05) is 4.72 Å². The highest BCUT2D eigenvalue weighted by Crippen LogP contribution is 2.33. The maximum absolute atomic E-state index is 13.5. The molecule has 210 valence electrons. The summed E-state index contributed by atoms with van der Waals surface area (Å²) < 4.78 is 37.5. The average molecular weight is 630 g/mol. The van der Waals surface area contributed by atoms with Gasteiger partial charge in [0, 0.05) is 18.0 Å². The van der Waals surface area contributed by atoms with E-state index in [4.69, 9.17) is 27.9 Å². The number of hydrogen-bond donors (Lipinski definition) is 1. The molecule has 5 aromatic rings. The maximum Gasteiger partial charge on any atom is 0.338 e. The summed E-state index contributed by atoms with van der Waals surface area (Å²) in [4.78, 5) is 30.1. The normalized spacial score (nSPS) is 11.4. The smallest absolute Gasteiger partial charge is 0.338 e. The van der Waals surface area contributed by atoms with Crippen molar-refractivity contribution < 1.29 is 17.9 Å². The second-order valence-corrected chi connectivity index (χ2v) is 12.2. The van der Waals surface area contributed by atoms with Gasteiger partial charge in [-0.15, -0.1) is 11.3 Å². The van der Waals surface area contributed by atoms with Gasteiger partial charge in [0.1, 0.15) is 22.2 Å². The third-order valence-electron chi connectivity index (χ3n) is 6.23. The highest BCUT2D eigenvalue weighted by molar-refractivity contribution is 7.92. The Morgan fingerprint density at radius 1 is 1.05 bits per heavy atom. The van der Waals surface area contributed by atoms with Gasteiger partial charge in [-0.2, -0.15) is 0 Å². The number of carbonyl (C=O) groups is 1. The predicted octanol–water partition coefficient (Wildman–Crippen LogP) is 6.07. The lowest BCUT2D eigenvalue weighted by atomic mass is 10.2.